The fourth-order valence-corrected chi connectivity index (χ4v) is 3.28. The van der Waals surface area contributed by atoms with Crippen LogP contribution in [0.2, 0.25) is 0 Å². The van der Waals surface area contributed by atoms with Crippen molar-refractivity contribution < 1.29 is 9.59 Å². The molecule has 0 radical (unpaired) electrons. The van der Waals surface area contributed by atoms with E-state index < -0.39 is 0 Å². The molecule has 2 fully saturated rings. The zero-order valence-corrected chi connectivity index (χ0v) is 12.5. The molecule has 0 aromatic heterocycles. The first-order chi connectivity index (χ1) is 9.54. The molecule has 3 amide bonds. The number of hydrogen-bond donors (Lipinski definition) is 1. The average molecular weight is 282 g/mol. The van der Waals surface area contributed by atoms with Crippen molar-refractivity contribution in [3.05, 3.63) is 0 Å². The van der Waals surface area contributed by atoms with Gasteiger partial charge in [-0.05, 0) is 25.3 Å². The van der Waals surface area contributed by atoms with E-state index in [-0.39, 0.29) is 17.9 Å². The third-order valence-electron chi connectivity index (χ3n) is 4.52. The monoisotopic (exact) mass is 282 g/mol. The van der Waals surface area contributed by atoms with Gasteiger partial charge in [0, 0.05) is 46.2 Å². The van der Waals surface area contributed by atoms with Gasteiger partial charge in [0.2, 0.25) is 5.91 Å². The van der Waals surface area contributed by atoms with Gasteiger partial charge in [0.15, 0.2) is 0 Å². The van der Waals surface area contributed by atoms with E-state index in [1.54, 1.807) is 23.9 Å². The number of carbonyl (C=O) groups is 2. The summed E-state index contributed by atoms with van der Waals surface area (Å²) in [6.07, 6.45) is 3.15. The van der Waals surface area contributed by atoms with Gasteiger partial charge in [-0.25, -0.2) is 4.79 Å². The standard InChI is InChI=1S/C14H26N4O2/c1-16(2)14(20)18-8-6-17(7-9-18)13(19)12-5-3-4-11(12)10-15/h11-12H,3-10,15H2,1-2H3. The van der Waals surface area contributed by atoms with Crippen molar-refractivity contribution in [2.45, 2.75) is 19.3 Å². The lowest BCUT2D eigenvalue weighted by atomic mass is 9.94. The molecule has 2 unspecified atom stereocenters. The number of hydrogen-bond acceptors (Lipinski definition) is 3. The van der Waals surface area contributed by atoms with Gasteiger partial charge in [0.25, 0.3) is 0 Å². The van der Waals surface area contributed by atoms with Gasteiger partial charge >= 0.3 is 6.03 Å². The van der Waals surface area contributed by atoms with Crippen molar-refractivity contribution >= 4 is 11.9 Å². The minimum atomic E-state index is 0.0257. The number of nitrogens with two attached hydrogens (primary N) is 1. The van der Waals surface area contributed by atoms with Gasteiger partial charge in [-0.15, -0.1) is 0 Å². The average Bonchev–Trinajstić information content (AvgIpc) is 2.94. The molecule has 0 aromatic carbocycles. The number of amides is 3. The SMILES string of the molecule is CN(C)C(=O)N1CCN(C(=O)C2CCCC2CN)CC1. The second-order valence-electron chi connectivity index (χ2n) is 6.02. The molecule has 1 saturated heterocycles. The second kappa shape index (κ2) is 6.43. The van der Waals surface area contributed by atoms with Gasteiger partial charge < -0.3 is 20.4 Å². The maximum Gasteiger partial charge on any atom is 0.319 e. The lowest BCUT2D eigenvalue weighted by Crippen LogP contribution is -2.54. The Hall–Kier alpha value is -1.30. The predicted octanol–water partition coefficient (Wildman–Crippen LogP) is 0.187. The summed E-state index contributed by atoms with van der Waals surface area (Å²) in [6.45, 7) is 3.15. The molecular formula is C14H26N4O2. The van der Waals surface area contributed by atoms with Crippen LogP contribution >= 0.6 is 0 Å². The Bertz CT molecular complexity index is 364. The summed E-state index contributed by atoms with van der Waals surface area (Å²) >= 11 is 0. The normalized spacial score (nSPS) is 26.8. The maximum atomic E-state index is 12.5. The first-order valence-electron chi connectivity index (χ1n) is 7.49. The Balaban J connectivity index is 1.87. The van der Waals surface area contributed by atoms with Crippen molar-refractivity contribution in [3.63, 3.8) is 0 Å². The number of carbonyl (C=O) groups excluding carboxylic acids is 2. The molecule has 2 rings (SSSR count). The van der Waals surface area contributed by atoms with E-state index in [2.05, 4.69) is 0 Å². The highest BCUT2D eigenvalue weighted by molar-refractivity contribution is 5.80. The number of rotatable bonds is 2. The minimum absolute atomic E-state index is 0.0257. The zero-order chi connectivity index (χ0) is 14.7. The van der Waals surface area contributed by atoms with Crippen LogP contribution in [-0.2, 0) is 4.79 Å². The van der Waals surface area contributed by atoms with Crippen LogP contribution in [0.4, 0.5) is 4.79 Å². The topological polar surface area (TPSA) is 69.9 Å². The number of nitrogens with zero attached hydrogens (tertiary/aromatic N) is 3. The van der Waals surface area contributed by atoms with Gasteiger partial charge in [-0.1, -0.05) is 6.42 Å². The molecule has 6 heteroatoms. The van der Waals surface area contributed by atoms with E-state index in [0.717, 1.165) is 19.3 Å². The predicted molar refractivity (Wildman–Crippen MR) is 77.1 cm³/mol. The summed E-state index contributed by atoms with van der Waals surface area (Å²) in [5.41, 5.74) is 5.76. The van der Waals surface area contributed by atoms with Gasteiger partial charge in [0.05, 0.1) is 0 Å². The van der Waals surface area contributed by atoms with E-state index in [0.29, 0.717) is 38.6 Å². The Labute approximate surface area is 120 Å². The van der Waals surface area contributed by atoms with Crippen molar-refractivity contribution in [3.8, 4) is 0 Å². The van der Waals surface area contributed by atoms with Crippen LogP contribution in [-0.4, -0.2) is 73.5 Å². The summed E-state index contributed by atoms with van der Waals surface area (Å²) in [5.74, 6) is 0.704. The van der Waals surface area contributed by atoms with Crippen LogP contribution in [0.5, 0.6) is 0 Å². The summed E-state index contributed by atoms with van der Waals surface area (Å²) in [7, 11) is 3.51. The molecule has 1 saturated carbocycles. The molecule has 0 bridgehead atoms. The molecular weight excluding hydrogens is 256 g/mol. The summed E-state index contributed by atoms with van der Waals surface area (Å²) in [6, 6.07) is 0.0257. The smallest absolute Gasteiger partial charge is 0.319 e. The first-order valence-corrected chi connectivity index (χ1v) is 7.49. The Morgan fingerprint density at radius 1 is 1.10 bits per heavy atom. The van der Waals surface area contributed by atoms with Crippen LogP contribution in [0.1, 0.15) is 19.3 Å². The molecule has 0 aromatic rings. The second-order valence-corrected chi connectivity index (χ2v) is 6.02. The molecule has 2 N–H and O–H groups in total. The van der Waals surface area contributed by atoms with E-state index >= 15 is 0 Å². The fourth-order valence-electron chi connectivity index (χ4n) is 3.28. The van der Waals surface area contributed by atoms with Crippen molar-refractivity contribution in [2.24, 2.45) is 17.6 Å². The molecule has 1 heterocycles. The molecule has 2 aliphatic rings. The van der Waals surface area contributed by atoms with Crippen molar-refractivity contribution in [2.75, 3.05) is 46.8 Å². The van der Waals surface area contributed by atoms with Gasteiger partial charge in [-0.3, -0.25) is 4.79 Å². The third-order valence-corrected chi connectivity index (χ3v) is 4.52. The molecule has 0 spiro atoms. The van der Waals surface area contributed by atoms with Crippen molar-refractivity contribution in [1.82, 2.24) is 14.7 Å². The molecule has 1 aliphatic heterocycles. The molecule has 2 atom stereocenters. The lowest BCUT2D eigenvalue weighted by molar-refractivity contribution is -0.138. The molecule has 6 nitrogen and oxygen atoms in total. The number of urea groups is 1. The lowest BCUT2D eigenvalue weighted by Gasteiger charge is -2.37. The Morgan fingerprint density at radius 3 is 2.25 bits per heavy atom. The molecule has 114 valence electrons. The summed E-state index contributed by atoms with van der Waals surface area (Å²) < 4.78 is 0. The number of piperazine rings is 1. The van der Waals surface area contributed by atoms with Crippen LogP contribution in [0.3, 0.4) is 0 Å². The van der Waals surface area contributed by atoms with Gasteiger partial charge in [-0.2, -0.15) is 0 Å². The Kier molecular flexibility index (Phi) is 4.86. The van der Waals surface area contributed by atoms with E-state index in [4.69, 9.17) is 5.73 Å². The largest absolute Gasteiger partial charge is 0.339 e. The molecule has 20 heavy (non-hydrogen) atoms. The van der Waals surface area contributed by atoms with E-state index in [1.165, 1.54) is 0 Å². The summed E-state index contributed by atoms with van der Waals surface area (Å²) in [5, 5.41) is 0. The van der Waals surface area contributed by atoms with Crippen LogP contribution in [0.15, 0.2) is 0 Å². The van der Waals surface area contributed by atoms with E-state index in [1.807, 2.05) is 4.90 Å². The van der Waals surface area contributed by atoms with Crippen LogP contribution in [0, 0.1) is 11.8 Å². The minimum Gasteiger partial charge on any atom is -0.339 e. The third kappa shape index (κ3) is 3.06. The maximum absolute atomic E-state index is 12.5. The quantitative estimate of drug-likeness (QED) is 0.786. The molecule has 1 aliphatic carbocycles. The first kappa shape index (κ1) is 15.1. The highest BCUT2D eigenvalue weighted by Gasteiger charge is 2.36. The highest BCUT2D eigenvalue weighted by atomic mass is 16.2. The fraction of sp³-hybridized carbons (Fsp3) is 0.857. The van der Waals surface area contributed by atoms with E-state index in [9.17, 15) is 9.59 Å². The van der Waals surface area contributed by atoms with Crippen LogP contribution < -0.4 is 5.73 Å². The summed E-state index contributed by atoms with van der Waals surface area (Å²) in [4.78, 5) is 29.7. The Morgan fingerprint density at radius 2 is 1.70 bits per heavy atom. The van der Waals surface area contributed by atoms with Crippen LogP contribution in [0.25, 0.3) is 0 Å². The highest BCUT2D eigenvalue weighted by Crippen LogP contribution is 2.32. The zero-order valence-electron chi connectivity index (χ0n) is 12.5. The van der Waals surface area contributed by atoms with Gasteiger partial charge in [0.1, 0.15) is 0 Å². The van der Waals surface area contributed by atoms with Crippen molar-refractivity contribution in [1.29, 1.82) is 0 Å².